The standard InChI is InChI=1S/C18H25N3O5/c1-18(2,3)26-17(24)21-13-12(10-19-14(13)16(23)25-4)20-15(22)11-8-6-5-7-9-11/h5-9,12-14,19H,10H2,1-4H3,(H,20,22)(H,21,24). The number of alkyl carbamates (subject to hydrolysis) is 1. The van der Waals surface area contributed by atoms with Crippen LogP contribution in [0.3, 0.4) is 0 Å². The van der Waals surface area contributed by atoms with Crippen molar-refractivity contribution in [1.82, 2.24) is 16.0 Å². The van der Waals surface area contributed by atoms with Gasteiger partial charge in [-0.1, -0.05) is 18.2 Å². The molecule has 3 N–H and O–H groups in total. The van der Waals surface area contributed by atoms with Gasteiger partial charge >= 0.3 is 12.1 Å². The summed E-state index contributed by atoms with van der Waals surface area (Å²) < 4.78 is 10.0. The van der Waals surface area contributed by atoms with E-state index in [2.05, 4.69) is 16.0 Å². The van der Waals surface area contributed by atoms with Gasteiger partial charge in [0.1, 0.15) is 11.6 Å². The molecule has 3 atom stereocenters. The smallest absolute Gasteiger partial charge is 0.408 e. The normalized spacial score (nSPS) is 22.4. The second-order valence-electron chi connectivity index (χ2n) is 7.03. The van der Waals surface area contributed by atoms with Crippen LogP contribution in [-0.2, 0) is 14.3 Å². The molecule has 1 aliphatic rings. The highest BCUT2D eigenvalue weighted by Crippen LogP contribution is 2.13. The van der Waals surface area contributed by atoms with E-state index in [0.29, 0.717) is 12.1 Å². The number of amides is 2. The Balaban J connectivity index is 2.11. The maximum Gasteiger partial charge on any atom is 0.408 e. The highest BCUT2D eigenvalue weighted by Gasteiger charge is 2.43. The number of carbonyl (C=O) groups is 3. The minimum Gasteiger partial charge on any atom is -0.468 e. The Morgan fingerprint density at radius 2 is 1.77 bits per heavy atom. The van der Waals surface area contributed by atoms with E-state index >= 15 is 0 Å². The zero-order valence-electron chi connectivity index (χ0n) is 15.4. The Bertz CT molecular complexity index is 657. The Morgan fingerprint density at radius 1 is 1.12 bits per heavy atom. The predicted octanol–water partition coefficient (Wildman–Crippen LogP) is 0.823. The first kappa shape index (κ1) is 19.7. The van der Waals surface area contributed by atoms with Crippen LogP contribution in [0, 0.1) is 0 Å². The molecule has 1 heterocycles. The molecule has 0 saturated carbocycles. The zero-order chi connectivity index (χ0) is 19.3. The van der Waals surface area contributed by atoms with Gasteiger partial charge in [-0.05, 0) is 32.9 Å². The van der Waals surface area contributed by atoms with Crippen molar-refractivity contribution in [3.8, 4) is 0 Å². The fourth-order valence-corrected chi connectivity index (χ4v) is 2.71. The number of carbonyl (C=O) groups excluding carboxylic acids is 3. The Morgan fingerprint density at radius 3 is 2.35 bits per heavy atom. The third kappa shape index (κ3) is 5.19. The molecule has 0 spiro atoms. The second kappa shape index (κ2) is 8.18. The van der Waals surface area contributed by atoms with Gasteiger partial charge in [-0.3, -0.25) is 9.59 Å². The number of methoxy groups -OCH3 is 1. The van der Waals surface area contributed by atoms with Crippen LogP contribution in [0.15, 0.2) is 30.3 Å². The van der Waals surface area contributed by atoms with Gasteiger partial charge in [0, 0.05) is 12.1 Å². The minimum absolute atomic E-state index is 0.293. The topological polar surface area (TPSA) is 106 Å². The molecular weight excluding hydrogens is 338 g/mol. The van der Waals surface area contributed by atoms with E-state index in [-0.39, 0.29) is 5.91 Å². The SMILES string of the molecule is COC(=O)C1NCC(NC(=O)c2ccccc2)C1NC(=O)OC(C)(C)C. The maximum atomic E-state index is 12.4. The van der Waals surface area contributed by atoms with Crippen LogP contribution in [0.2, 0.25) is 0 Å². The lowest BCUT2D eigenvalue weighted by Crippen LogP contribution is -2.56. The summed E-state index contributed by atoms with van der Waals surface area (Å²) in [5.74, 6) is -0.818. The molecular formula is C18H25N3O5. The third-order valence-electron chi connectivity index (χ3n) is 3.84. The minimum atomic E-state index is -0.784. The Hall–Kier alpha value is -2.61. The Kier molecular flexibility index (Phi) is 6.20. The lowest BCUT2D eigenvalue weighted by Gasteiger charge is -2.27. The molecule has 3 unspecified atom stereocenters. The summed E-state index contributed by atoms with van der Waals surface area (Å²) in [6.45, 7) is 5.53. The van der Waals surface area contributed by atoms with Crippen molar-refractivity contribution in [1.29, 1.82) is 0 Å². The monoisotopic (exact) mass is 363 g/mol. The predicted molar refractivity (Wildman–Crippen MR) is 94.7 cm³/mol. The van der Waals surface area contributed by atoms with Crippen LogP contribution in [0.4, 0.5) is 4.79 Å². The number of rotatable bonds is 4. The molecule has 26 heavy (non-hydrogen) atoms. The van der Waals surface area contributed by atoms with Gasteiger partial charge in [0.2, 0.25) is 0 Å². The lowest BCUT2D eigenvalue weighted by molar-refractivity contribution is -0.143. The average molecular weight is 363 g/mol. The van der Waals surface area contributed by atoms with Crippen molar-refractivity contribution in [2.75, 3.05) is 13.7 Å². The first-order valence-corrected chi connectivity index (χ1v) is 8.38. The van der Waals surface area contributed by atoms with E-state index < -0.39 is 35.8 Å². The average Bonchev–Trinajstić information content (AvgIpc) is 2.95. The van der Waals surface area contributed by atoms with Crippen LogP contribution in [0.25, 0.3) is 0 Å². The molecule has 0 aliphatic carbocycles. The number of nitrogens with one attached hydrogen (secondary N) is 3. The van der Waals surface area contributed by atoms with Gasteiger partial charge in [0.15, 0.2) is 0 Å². The van der Waals surface area contributed by atoms with E-state index in [1.165, 1.54) is 7.11 Å². The van der Waals surface area contributed by atoms with Crippen molar-refractivity contribution in [2.45, 2.75) is 44.5 Å². The molecule has 1 aromatic rings. The summed E-state index contributed by atoms with van der Waals surface area (Å²) in [5, 5.41) is 8.48. The number of benzene rings is 1. The summed E-state index contributed by atoms with van der Waals surface area (Å²) in [7, 11) is 1.27. The largest absolute Gasteiger partial charge is 0.468 e. The van der Waals surface area contributed by atoms with Crippen molar-refractivity contribution >= 4 is 18.0 Å². The molecule has 2 rings (SSSR count). The number of hydrogen-bond acceptors (Lipinski definition) is 6. The van der Waals surface area contributed by atoms with Gasteiger partial charge in [0.05, 0.1) is 19.2 Å². The molecule has 142 valence electrons. The maximum absolute atomic E-state index is 12.4. The lowest BCUT2D eigenvalue weighted by atomic mass is 10.0. The van der Waals surface area contributed by atoms with Crippen LogP contribution < -0.4 is 16.0 Å². The highest BCUT2D eigenvalue weighted by atomic mass is 16.6. The van der Waals surface area contributed by atoms with Crippen LogP contribution in [-0.4, -0.2) is 55.4 Å². The first-order valence-electron chi connectivity index (χ1n) is 8.38. The fourth-order valence-electron chi connectivity index (χ4n) is 2.71. The quantitative estimate of drug-likeness (QED) is 0.684. The zero-order valence-corrected chi connectivity index (χ0v) is 15.4. The molecule has 2 amide bonds. The van der Waals surface area contributed by atoms with Crippen LogP contribution >= 0.6 is 0 Å². The van der Waals surface area contributed by atoms with Gasteiger partial charge in [-0.2, -0.15) is 0 Å². The number of hydrogen-bond donors (Lipinski definition) is 3. The third-order valence-corrected chi connectivity index (χ3v) is 3.84. The fraction of sp³-hybridized carbons (Fsp3) is 0.500. The summed E-state index contributed by atoms with van der Waals surface area (Å²) in [6, 6.07) is 6.72. The van der Waals surface area contributed by atoms with Gasteiger partial charge in [-0.25, -0.2) is 4.79 Å². The van der Waals surface area contributed by atoms with Gasteiger partial charge in [0.25, 0.3) is 5.91 Å². The van der Waals surface area contributed by atoms with E-state index in [1.54, 1.807) is 45.0 Å². The van der Waals surface area contributed by atoms with E-state index in [4.69, 9.17) is 9.47 Å². The molecule has 1 saturated heterocycles. The van der Waals surface area contributed by atoms with Crippen LogP contribution in [0.5, 0.6) is 0 Å². The molecule has 0 aromatic heterocycles. The first-order chi connectivity index (χ1) is 12.2. The molecule has 8 heteroatoms. The summed E-state index contributed by atoms with van der Waals surface area (Å²) in [5.41, 5.74) is -0.190. The summed E-state index contributed by atoms with van der Waals surface area (Å²) in [6.07, 6.45) is -0.668. The second-order valence-corrected chi connectivity index (χ2v) is 7.03. The molecule has 1 fully saturated rings. The Labute approximate surface area is 152 Å². The summed E-state index contributed by atoms with van der Waals surface area (Å²) in [4.78, 5) is 36.6. The van der Waals surface area contributed by atoms with Gasteiger partial charge in [-0.15, -0.1) is 0 Å². The van der Waals surface area contributed by atoms with Crippen molar-refractivity contribution in [3.05, 3.63) is 35.9 Å². The van der Waals surface area contributed by atoms with Crippen molar-refractivity contribution < 1.29 is 23.9 Å². The van der Waals surface area contributed by atoms with E-state index in [1.807, 2.05) is 6.07 Å². The van der Waals surface area contributed by atoms with Crippen LogP contribution in [0.1, 0.15) is 31.1 Å². The molecule has 1 aromatic carbocycles. The number of ether oxygens (including phenoxy) is 2. The molecule has 0 radical (unpaired) electrons. The van der Waals surface area contributed by atoms with Gasteiger partial charge < -0.3 is 25.4 Å². The van der Waals surface area contributed by atoms with E-state index in [0.717, 1.165) is 0 Å². The molecule has 1 aliphatic heterocycles. The number of esters is 1. The van der Waals surface area contributed by atoms with Crippen molar-refractivity contribution in [2.24, 2.45) is 0 Å². The molecule has 0 bridgehead atoms. The summed E-state index contributed by atoms with van der Waals surface area (Å²) >= 11 is 0. The highest BCUT2D eigenvalue weighted by molar-refractivity contribution is 5.94. The molecule has 8 nitrogen and oxygen atoms in total. The van der Waals surface area contributed by atoms with E-state index in [9.17, 15) is 14.4 Å². The van der Waals surface area contributed by atoms with Crippen molar-refractivity contribution in [3.63, 3.8) is 0 Å².